The van der Waals surface area contributed by atoms with Crippen molar-refractivity contribution in [1.29, 1.82) is 0 Å². The number of hydrogen-bond donors (Lipinski definition) is 1. The molecule has 1 aliphatic rings. The number of carbonyl (C=O) groups is 1. The summed E-state index contributed by atoms with van der Waals surface area (Å²) in [4.78, 5) is 24.9. The minimum atomic E-state index is -0.286. The van der Waals surface area contributed by atoms with E-state index >= 15 is 0 Å². The highest BCUT2D eigenvalue weighted by molar-refractivity contribution is 7.98. The van der Waals surface area contributed by atoms with Crippen LogP contribution in [0.15, 0.2) is 65.8 Å². The summed E-state index contributed by atoms with van der Waals surface area (Å²) in [6.45, 7) is 1.94. The lowest BCUT2D eigenvalue weighted by Crippen LogP contribution is -2.43. The van der Waals surface area contributed by atoms with Crippen molar-refractivity contribution in [1.82, 2.24) is 15.3 Å². The number of anilines is 1. The Hall–Kier alpha value is -2.93. The third kappa shape index (κ3) is 5.41. The Morgan fingerprint density at radius 2 is 1.94 bits per heavy atom. The van der Waals surface area contributed by atoms with Gasteiger partial charge >= 0.3 is 0 Å². The van der Waals surface area contributed by atoms with Gasteiger partial charge in [0.05, 0.1) is 5.92 Å². The van der Waals surface area contributed by atoms with Crippen molar-refractivity contribution in [2.75, 3.05) is 24.2 Å². The lowest BCUT2D eigenvalue weighted by atomic mass is 9.97. The van der Waals surface area contributed by atoms with Crippen LogP contribution in [-0.2, 0) is 11.3 Å². The third-order valence-corrected chi connectivity index (χ3v) is 6.24. The predicted molar refractivity (Wildman–Crippen MR) is 122 cm³/mol. The SMILES string of the molecule is CSc1ccc(CNC(=O)[C@@H]2CCCN(c3ncc(-c4cccc(F)c4)cn3)C2)cc1. The quantitative estimate of drug-likeness (QED) is 0.575. The van der Waals surface area contributed by atoms with Crippen LogP contribution in [0.4, 0.5) is 10.3 Å². The highest BCUT2D eigenvalue weighted by Crippen LogP contribution is 2.23. The Morgan fingerprint density at radius 3 is 2.65 bits per heavy atom. The first-order valence-electron chi connectivity index (χ1n) is 10.4. The maximum Gasteiger partial charge on any atom is 0.225 e. The molecule has 0 aliphatic carbocycles. The topological polar surface area (TPSA) is 58.1 Å². The fraction of sp³-hybridized carbons (Fsp3) is 0.292. The zero-order valence-corrected chi connectivity index (χ0v) is 18.2. The zero-order chi connectivity index (χ0) is 21.6. The molecule has 2 aromatic carbocycles. The van der Waals surface area contributed by atoms with Crippen LogP contribution in [0, 0.1) is 11.7 Å². The number of thioether (sulfide) groups is 1. The first-order chi connectivity index (χ1) is 15.1. The molecule has 1 fully saturated rings. The number of amides is 1. The Labute approximate surface area is 186 Å². The van der Waals surface area contributed by atoms with Crippen molar-refractivity contribution in [3.63, 3.8) is 0 Å². The van der Waals surface area contributed by atoms with Gasteiger partial charge in [0.2, 0.25) is 11.9 Å². The maximum absolute atomic E-state index is 13.5. The molecule has 1 aromatic heterocycles. The van der Waals surface area contributed by atoms with Crippen molar-refractivity contribution in [3.05, 3.63) is 72.3 Å². The van der Waals surface area contributed by atoms with E-state index in [0.29, 0.717) is 19.0 Å². The molecule has 0 spiro atoms. The predicted octanol–water partition coefficient (Wildman–Crippen LogP) is 4.54. The normalized spacial score (nSPS) is 16.2. The van der Waals surface area contributed by atoms with Gasteiger partial charge in [-0.25, -0.2) is 14.4 Å². The number of nitrogens with zero attached hydrogens (tertiary/aromatic N) is 3. The van der Waals surface area contributed by atoms with Gasteiger partial charge in [-0.15, -0.1) is 11.8 Å². The number of rotatable bonds is 6. The molecule has 5 nitrogen and oxygen atoms in total. The van der Waals surface area contributed by atoms with Crippen molar-refractivity contribution >= 4 is 23.6 Å². The number of hydrogen-bond acceptors (Lipinski definition) is 5. The summed E-state index contributed by atoms with van der Waals surface area (Å²) in [7, 11) is 0. The molecule has 1 N–H and O–H groups in total. The standard InChI is InChI=1S/C24H25FN4OS/c1-31-22-9-7-17(8-10-22)13-26-23(30)19-5-3-11-29(16-19)24-27-14-20(15-28-24)18-4-2-6-21(25)12-18/h2,4,6-10,12,14-15,19H,3,5,11,13,16H2,1H3,(H,26,30)/t19-/m1/s1. The molecule has 2 heterocycles. The molecule has 3 aromatic rings. The average Bonchev–Trinajstić information content (AvgIpc) is 2.83. The molecule has 0 unspecified atom stereocenters. The van der Waals surface area contributed by atoms with Crippen LogP contribution in [0.1, 0.15) is 18.4 Å². The second-order valence-electron chi connectivity index (χ2n) is 7.63. The lowest BCUT2D eigenvalue weighted by molar-refractivity contribution is -0.125. The van der Waals surface area contributed by atoms with Gasteiger partial charge in [0.25, 0.3) is 0 Å². The van der Waals surface area contributed by atoms with E-state index in [1.807, 2.05) is 24.5 Å². The summed E-state index contributed by atoms with van der Waals surface area (Å²) in [5.41, 5.74) is 2.60. The van der Waals surface area contributed by atoms with Crippen molar-refractivity contribution in [2.24, 2.45) is 5.92 Å². The van der Waals surface area contributed by atoms with Gasteiger partial charge < -0.3 is 10.2 Å². The number of benzene rings is 2. The van der Waals surface area contributed by atoms with Crippen molar-refractivity contribution in [2.45, 2.75) is 24.3 Å². The summed E-state index contributed by atoms with van der Waals surface area (Å²) in [6.07, 6.45) is 7.23. The number of nitrogens with one attached hydrogen (secondary N) is 1. The molecule has 0 saturated carbocycles. The van der Waals surface area contributed by atoms with Gasteiger partial charge in [0.1, 0.15) is 5.82 Å². The number of aromatic nitrogens is 2. The second-order valence-corrected chi connectivity index (χ2v) is 8.51. The molecule has 0 radical (unpaired) electrons. The Morgan fingerprint density at radius 1 is 1.16 bits per heavy atom. The number of piperidine rings is 1. The highest BCUT2D eigenvalue weighted by atomic mass is 32.2. The largest absolute Gasteiger partial charge is 0.352 e. The van der Waals surface area contributed by atoms with Crippen LogP contribution in [0.3, 0.4) is 0 Å². The van der Waals surface area contributed by atoms with E-state index in [4.69, 9.17) is 0 Å². The third-order valence-electron chi connectivity index (χ3n) is 5.50. The maximum atomic E-state index is 13.5. The van der Waals surface area contributed by atoms with Crippen LogP contribution in [-0.4, -0.2) is 35.2 Å². The van der Waals surface area contributed by atoms with Crippen LogP contribution in [0.25, 0.3) is 11.1 Å². The van der Waals surface area contributed by atoms with E-state index in [1.165, 1.54) is 17.0 Å². The van der Waals surface area contributed by atoms with E-state index in [2.05, 4.69) is 32.3 Å². The Kier molecular flexibility index (Phi) is 6.82. The lowest BCUT2D eigenvalue weighted by Gasteiger charge is -2.32. The van der Waals surface area contributed by atoms with Gasteiger partial charge in [0, 0.05) is 42.5 Å². The summed E-state index contributed by atoms with van der Waals surface area (Å²) in [5.74, 6) is 0.290. The smallest absolute Gasteiger partial charge is 0.225 e. The van der Waals surface area contributed by atoms with Crippen LogP contribution in [0.5, 0.6) is 0 Å². The molecular formula is C24H25FN4OS. The fourth-order valence-electron chi connectivity index (χ4n) is 3.75. The summed E-state index contributed by atoms with van der Waals surface area (Å²) >= 11 is 1.70. The van der Waals surface area contributed by atoms with Crippen LogP contribution in [0.2, 0.25) is 0 Å². The molecule has 1 amide bonds. The number of carbonyl (C=O) groups excluding carboxylic acids is 1. The van der Waals surface area contributed by atoms with E-state index in [9.17, 15) is 9.18 Å². The molecule has 31 heavy (non-hydrogen) atoms. The fourth-order valence-corrected chi connectivity index (χ4v) is 4.16. The Balaban J connectivity index is 1.35. The molecule has 0 bridgehead atoms. The van der Waals surface area contributed by atoms with Gasteiger partial charge in [-0.2, -0.15) is 0 Å². The highest BCUT2D eigenvalue weighted by Gasteiger charge is 2.27. The minimum Gasteiger partial charge on any atom is -0.352 e. The molecule has 7 heteroatoms. The van der Waals surface area contributed by atoms with Crippen molar-refractivity contribution < 1.29 is 9.18 Å². The van der Waals surface area contributed by atoms with Gasteiger partial charge in [-0.05, 0) is 54.5 Å². The van der Waals surface area contributed by atoms with Crippen molar-refractivity contribution in [3.8, 4) is 11.1 Å². The monoisotopic (exact) mass is 436 g/mol. The van der Waals surface area contributed by atoms with Crippen LogP contribution < -0.4 is 10.2 Å². The molecule has 1 saturated heterocycles. The first-order valence-corrected chi connectivity index (χ1v) is 11.6. The second kappa shape index (κ2) is 9.92. The molecule has 160 valence electrons. The zero-order valence-electron chi connectivity index (χ0n) is 17.4. The first kappa shape index (κ1) is 21.3. The minimum absolute atomic E-state index is 0.0648. The van der Waals surface area contributed by atoms with Gasteiger partial charge in [-0.1, -0.05) is 24.3 Å². The molecule has 4 rings (SSSR count). The summed E-state index contributed by atoms with van der Waals surface area (Å²) in [6, 6.07) is 14.6. The summed E-state index contributed by atoms with van der Waals surface area (Å²) < 4.78 is 13.5. The van der Waals surface area contributed by atoms with E-state index < -0.39 is 0 Å². The number of halogens is 1. The van der Waals surface area contributed by atoms with Gasteiger partial charge in [-0.3, -0.25) is 4.79 Å². The molecular weight excluding hydrogens is 411 g/mol. The molecule has 1 atom stereocenters. The molecule has 1 aliphatic heterocycles. The average molecular weight is 437 g/mol. The van der Waals surface area contributed by atoms with E-state index in [1.54, 1.807) is 30.2 Å². The van der Waals surface area contributed by atoms with E-state index in [-0.39, 0.29) is 17.6 Å². The van der Waals surface area contributed by atoms with Crippen LogP contribution >= 0.6 is 11.8 Å². The Bertz CT molecular complexity index is 1030. The van der Waals surface area contributed by atoms with Gasteiger partial charge in [0.15, 0.2) is 0 Å². The van der Waals surface area contributed by atoms with E-state index in [0.717, 1.165) is 36.1 Å². The summed E-state index contributed by atoms with van der Waals surface area (Å²) in [5, 5.41) is 3.07.